The number of anilines is 1. The first-order valence-electron chi connectivity index (χ1n) is 9.14. The Hall–Kier alpha value is -2.47. The molecule has 28 heavy (non-hydrogen) atoms. The summed E-state index contributed by atoms with van der Waals surface area (Å²) in [5, 5.41) is 2.76. The highest BCUT2D eigenvalue weighted by Gasteiger charge is 2.19. The van der Waals surface area contributed by atoms with Crippen molar-refractivity contribution in [2.24, 2.45) is 0 Å². The van der Waals surface area contributed by atoms with Crippen LogP contribution in [0.1, 0.15) is 33.3 Å². The van der Waals surface area contributed by atoms with Crippen molar-refractivity contribution in [3.8, 4) is 5.75 Å². The van der Waals surface area contributed by atoms with Crippen LogP contribution >= 0.6 is 11.8 Å². The molecule has 150 valence electrons. The third kappa shape index (κ3) is 6.02. The average molecular weight is 401 g/mol. The SMILES string of the molecule is CC(Oc1cccc(C(C)(C)C)c1)C(=O)Nc1ccccc1SC(=O)N(C)C. The Labute approximate surface area is 171 Å². The summed E-state index contributed by atoms with van der Waals surface area (Å²) < 4.78 is 5.85. The molecule has 0 heterocycles. The fourth-order valence-electron chi connectivity index (χ4n) is 2.37. The molecule has 2 aromatic rings. The maximum absolute atomic E-state index is 12.6. The van der Waals surface area contributed by atoms with Gasteiger partial charge in [-0.3, -0.25) is 9.59 Å². The van der Waals surface area contributed by atoms with Gasteiger partial charge in [0.2, 0.25) is 0 Å². The van der Waals surface area contributed by atoms with Crippen LogP contribution < -0.4 is 10.1 Å². The van der Waals surface area contributed by atoms with Gasteiger partial charge < -0.3 is 15.0 Å². The second kappa shape index (κ2) is 9.15. The van der Waals surface area contributed by atoms with E-state index in [2.05, 4.69) is 26.1 Å². The molecule has 0 fully saturated rings. The highest BCUT2D eigenvalue weighted by molar-refractivity contribution is 8.13. The van der Waals surface area contributed by atoms with Crippen LogP contribution in [0.15, 0.2) is 53.4 Å². The van der Waals surface area contributed by atoms with Crippen LogP contribution in [0.3, 0.4) is 0 Å². The van der Waals surface area contributed by atoms with Crippen LogP contribution in [0.25, 0.3) is 0 Å². The minimum atomic E-state index is -0.683. The summed E-state index contributed by atoms with van der Waals surface area (Å²) in [6, 6.07) is 15.0. The van der Waals surface area contributed by atoms with Gasteiger partial charge in [-0.2, -0.15) is 0 Å². The van der Waals surface area contributed by atoms with E-state index in [1.165, 1.54) is 4.90 Å². The molecule has 0 aliphatic rings. The van der Waals surface area contributed by atoms with E-state index < -0.39 is 6.10 Å². The van der Waals surface area contributed by atoms with Crippen LogP contribution in [-0.4, -0.2) is 36.2 Å². The minimum absolute atomic E-state index is 0.00000588. The molecule has 2 aromatic carbocycles. The second-order valence-electron chi connectivity index (χ2n) is 7.79. The first kappa shape index (κ1) is 21.8. The number of ether oxygens (including phenoxy) is 1. The Morgan fingerprint density at radius 1 is 1.07 bits per heavy atom. The van der Waals surface area contributed by atoms with Gasteiger partial charge in [-0.05, 0) is 53.9 Å². The highest BCUT2D eigenvalue weighted by atomic mass is 32.2. The van der Waals surface area contributed by atoms with Gasteiger partial charge in [-0.1, -0.05) is 45.0 Å². The average Bonchev–Trinajstić information content (AvgIpc) is 2.62. The number of nitrogens with one attached hydrogen (secondary N) is 1. The van der Waals surface area contributed by atoms with Crippen molar-refractivity contribution in [1.82, 2.24) is 4.90 Å². The standard InChI is InChI=1S/C22H28N2O3S/c1-15(27-17-11-9-10-16(14-17)22(2,3)4)20(25)23-18-12-7-8-13-19(18)28-21(26)24(5)6/h7-15H,1-6H3,(H,23,25). The van der Waals surface area contributed by atoms with E-state index in [1.807, 2.05) is 36.4 Å². The van der Waals surface area contributed by atoms with Crippen molar-refractivity contribution in [3.63, 3.8) is 0 Å². The predicted octanol–water partition coefficient (Wildman–Crippen LogP) is 5.16. The third-order valence-electron chi connectivity index (χ3n) is 4.09. The van der Waals surface area contributed by atoms with Crippen LogP contribution in [0.2, 0.25) is 0 Å². The molecule has 1 unspecified atom stereocenters. The van der Waals surface area contributed by atoms with Crippen LogP contribution in [0.5, 0.6) is 5.75 Å². The fourth-order valence-corrected chi connectivity index (χ4v) is 3.12. The van der Waals surface area contributed by atoms with E-state index in [9.17, 15) is 9.59 Å². The lowest BCUT2D eigenvalue weighted by Gasteiger charge is -2.21. The van der Waals surface area contributed by atoms with Crippen molar-refractivity contribution >= 4 is 28.6 Å². The molecule has 0 aliphatic carbocycles. The number of amides is 2. The summed E-state index contributed by atoms with van der Waals surface area (Å²) in [5.74, 6) is 0.382. The lowest BCUT2D eigenvalue weighted by molar-refractivity contribution is -0.122. The van der Waals surface area contributed by atoms with E-state index in [-0.39, 0.29) is 16.6 Å². The minimum Gasteiger partial charge on any atom is -0.481 e. The lowest BCUT2D eigenvalue weighted by Crippen LogP contribution is -2.30. The molecule has 0 aliphatic heterocycles. The molecule has 5 nitrogen and oxygen atoms in total. The van der Waals surface area contributed by atoms with Crippen LogP contribution in [-0.2, 0) is 10.2 Å². The van der Waals surface area contributed by atoms with Crippen LogP contribution in [0, 0.1) is 0 Å². The molecule has 0 spiro atoms. The van der Waals surface area contributed by atoms with E-state index in [0.717, 1.165) is 17.3 Å². The Morgan fingerprint density at radius 3 is 2.39 bits per heavy atom. The molecule has 0 bridgehead atoms. The first-order valence-corrected chi connectivity index (χ1v) is 9.96. The summed E-state index contributed by atoms with van der Waals surface area (Å²) in [4.78, 5) is 26.8. The maximum Gasteiger partial charge on any atom is 0.286 e. The summed E-state index contributed by atoms with van der Waals surface area (Å²) >= 11 is 1.07. The zero-order valence-electron chi connectivity index (χ0n) is 17.3. The number of carbonyl (C=O) groups is 2. The first-order chi connectivity index (χ1) is 13.1. The molecule has 2 rings (SSSR count). The largest absolute Gasteiger partial charge is 0.481 e. The summed E-state index contributed by atoms with van der Waals surface area (Å²) in [7, 11) is 3.39. The van der Waals surface area contributed by atoms with Crippen molar-refractivity contribution in [1.29, 1.82) is 0 Å². The third-order valence-corrected chi connectivity index (χ3v) is 5.21. The van der Waals surface area contributed by atoms with Crippen molar-refractivity contribution < 1.29 is 14.3 Å². The van der Waals surface area contributed by atoms with E-state index >= 15 is 0 Å². The number of para-hydroxylation sites is 1. The molecule has 0 saturated carbocycles. The van der Waals surface area contributed by atoms with Gasteiger partial charge in [0.05, 0.1) is 5.69 Å². The lowest BCUT2D eigenvalue weighted by atomic mass is 9.87. The summed E-state index contributed by atoms with van der Waals surface area (Å²) in [5.41, 5.74) is 1.73. The quantitative estimate of drug-likeness (QED) is 0.704. The number of rotatable bonds is 5. The van der Waals surface area contributed by atoms with Gasteiger partial charge in [-0.15, -0.1) is 0 Å². The molecule has 0 aromatic heterocycles. The second-order valence-corrected chi connectivity index (χ2v) is 8.78. The van der Waals surface area contributed by atoms with Gasteiger partial charge in [0.15, 0.2) is 6.10 Å². The molecule has 0 saturated heterocycles. The summed E-state index contributed by atoms with van der Waals surface area (Å²) in [6.45, 7) is 8.10. The van der Waals surface area contributed by atoms with Crippen molar-refractivity contribution in [3.05, 3.63) is 54.1 Å². The maximum atomic E-state index is 12.6. The normalized spacial score (nSPS) is 12.2. The smallest absolute Gasteiger partial charge is 0.286 e. The van der Waals surface area contributed by atoms with E-state index in [1.54, 1.807) is 33.2 Å². The van der Waals surface area contributed by atoms with E-state index in [0.29, 0.717) is 16.3 Å². The van der Waals surface area contributed by atoms with Crippen molar-refractivity contribution in [2.75, 3.05) is 19.4 Å². The van der Waals surface area contributed by atoms with Gasteiger partial charge in [0, 0.05) is 19.0 Å². The number of thioether (sulfide) groups is 1. The van der Waals surface area contributed by atoms with Gasteiger partial charge >= 0.3 is 0 Å². The van der Waals surface area contributed by atoms with Gasteiger partial charge in [0.1, 0.15) is 5.75 Å². The topological polar surface area (TPSA) is 58.6 Å². The number of nitrogens with zero attached hydrogens (tertiary/aromatic N) is 1. The number of hydrogen-bond donors (Lipinski definition) is 1. The Morgan fingerprint density at radius 2 is 1.75 bits per heavy atom. The van der Waals surface area contributed by atoms with Gasteiger partial charge in [0.25, 0.3) is 11.1 Å². The molecule has 1 atom stereocenters. The van der Waals surface area contributed by atoms with Crippen LogP contribution in [0.4, 0.5) is 10.5 Å². The summed E-state index contributed by atoms with van der Waals surface area (Å²) in [6.07, 6.45) is -0.683. The molecule has 0 radical (unpaired) electrons. The van der Waals surface area contributed by atoms with E-state index in [4.69, 9.17) is 4.74 Å². The molecule has 6 heteroatoms. The molecular weight excluding hydrogens is 372 g/mol. The van der Waals surface area contributed by atoms with Crippen molar-refractivity contribution in [2.45, 2.75) is 44.1 Å². The zero-order chi connectivity index (χ0) is 20.9. The highest BCUT2D eigenvalue weighted by Crippen LogP contribution is 2.29. The molecular formula is C22H28N2O3S. The molecule has 1 N–H and O–H groups in total. The number of benzene rings is 2. The Kier molecular flexibility index (Phi) is 7.13. The zero-order valence-corrected chi connectivity index (χ0v) is 18.1. The monoisotopic (exact) mass is 400 g/mol. The Balaban J connectivity index is 2.08. The van der Waals surface area contributed by atoms with Gasteiger partial charge in [-0.25, -0.2) is 0 Å². The number of carbonyl (C=O) groups excluding carboxylic acids is 2. The number of hydrogen-bond acceptors (Lipinski definition) is 4. The molecule has 2 amide bonds. The fraction of sp³-hybridized carbons (Fsp3) is 0.364. The Bertz CT molecular complexity index is 844. The predicted molar refractivity (Wildman–Crippen MR) is 115 cm³/mol.